The molecule has 1 heterocycles. The van der Waals surface area contributed by atoms with E-state index in [-0.39, 0.29) is 12.1 Å². The highest BCUT2D eigenvalue weighted by Crippen LogP contribution is 2.15. The van der Waals surface area contributed by atoms with Crippen LogP contribution in [0.4, 0.5) is 4.79 Å². The standard InChI is InChI=1S/C12H25N3O/c1-5-15-8-6-11(7-9-15)14(4)12(16)13-10(2)3/h10-11H,5-9H2,1-4H3,(H,13,16). The molecule has 1 rings (SSSR count). The van der Waals surface area contributed by atoms with Crippen molar-refractivity contribution in [2.45, 2.75) is 45.7 Å². The molecule has 1 aliphatic rings. The van der Waals surface area contributed by atoms with Crippen LogP contribution in [-0.2, 0) is 0 Å². The molecule has 1 saturated heterocycles. The Bertz CT molecular complexity index is 222. The number of urea groups is 1. The second-order valence-electron chi connectivity index (χ2n) is 4.88. The fraction of sp³-hybridized carbons (Fsp3) is 0.917. The summed E-state index contributed by atoms with van der Waals surface area (Å²) < 4.78 is 0. The molecule has 0 bridgehead atoms. The van der Waals surface area contributed by atoms with Crippen LogP contribution in [0.1, 0.15) is 33.6 Å². The van der Waals surface area contributed by atoms with E-state index in [1.54, 1.807) is 0 Å². The van der Waals surface area contributed by atoms with E-state index in [0.717, 1.165) is 32.5 Å². The van der Waals surface area contributed by atoms with E-state index in [0.29, 0.717) is 6.04 Å². The largest absolute Gasteiger partial charge is 0.336 e. The molecule has 4 heteroatoms. The number of likely N-dealkylation sites (tertiary alicyclic amines) is 1. The molecular weight excluding hydrogens is 202 g/mol. The maximum atomic E-state index is 11.8. The topological polar surface area (TPSA) is 35.6 Å². The lowest BCUT2D eigenvalue weighted by atomic mass is 10.0. The van der Waals surface area contributed by atoms with Gasteiger partial charge >= 0.3 is 6.03 Å². The molecule has 0 aliphatic carbocycles. The van der Waals surface area contributed by atoms with Gasteiger partial charge in [-0.2, -0.15) is 0 Å². The van der Waals surface area contributed by atoms with E-state index in [4.69, 9.17) is 0 Å². The fourth-order valence-electron chi connectivity index (χ4n) is 2.14. The van der Waals surface area contributed by atoms with Crippen LogP contribution in [0.25, 0.3) is 0 Å². The Morgan fingerprint density at radius 2 is 2.00 bits per heavy atom. The predicted molar refractivity (Wildman–Crippen MR) is 66.6 cm³/mol. The third-order valence-electron chi connectivity index (χ3n) is 3.28. The smallest absolute Gasteiger partial charge is 0.317 e. The van der Waals surface area contributed by atoms with Crippen LogP contribution in [-0.4, -0.2) is 54.6 Å². The lowest BCUT2D eigenvalue weighted by Gasteiger charge is -2.36. The first-order valence-electron chi connectivity index (χ1n) is 6.30. The predicted octanol–water partition coefficient (Wildman–Crippen LogP) is 1.52. The summed E-state index contributed by atoms with van der Waals surface area (Å²) in [6.07, 6.45) is 2.19. The molecule has 1 aliphatic heterocycles. The van der Waals surface area contributed by atoms with Crippen molar-refractivity contribution in [3.8, 4) is 0 Å². The summed E-state index contributed by atoms with van der Waals surface area (Å²) in [5, 5.41) is 2.94. The molecule has 94 valence electrons. The molecule has 4 nitrogen and oxygen atoms in total. The molecule has 0 aromatic heterocycles. The van der Waals surface area contributed by atoms with Crippen molar-refractivity contribution in [3.63, 3.8) is 0 Å². The molecule has 1 N–H and O–H groups in total. The van der Waals surface area contributed by atoms with Gasteiger partial charge in [-0.15, -0.1) is 0 Å². The minimum Gasteiger partial charge on any atom is -0.336 e. The number of carbonyl (C=O) groups is 1. The van der Waals surface area contributed by atoms with E-state index in [1.807, 2.05) is 25.8 Å². The lowest BCUT2D eigenvalue weighted by Crippen LogP contribution is -2.50. The number of hydrogen-bond donors (Lipinski definition) is 1. The number of piperidine rings is 1. The van der Waals surface area contributed by atoms with E-state index in [2.05, 4.69) is 17.1 Å². The van der Waals surface area contributed by atoms with Gasteiger partial charge in [0.05, 0.1) is 0 Å². The lowest BCUT2D eigenvalue weighted by molar-refractivity contribution is 0.137. The Labute approximate surface area is 99.0 Å². The number of nitrogens with zero attached hydrogens (tertiary/aromatic N) is 2. The first-order chi connectivity index (χ1) is 7.54. The maximum absolute atomic E-state index is 11.8. The van der Waals surface area contributed by atoms with Gasteiger partial charge in [-0.3, -0.25) is 0 Å². The van der Waals surface area contributed by atoms with Crippen molar-refractivity contribution < 1.29 is 4.79 Å². The van der Waals surface area contributed by atoms with Gasteiger partial charge in [0.25, 0.3) is 0 Å². The third kappa shape index (κ3) is 3.67. The molecule has 0 radical (unpaired) electrons. The molecular formula is C12H25N3O. The number of carbonyl (C=O) groups excluding carboxylic acids is 1. The van der Waals surface area contributed by atoms with Crippen LogP contribution in [0.3, 0.4) is 0 Å². The maximum Gasteiger partial charge on any atom is 0.317 e. The quantitative estimate of drug-likeness (QED) is 0.793. The van der Waals surface area contributed by atoms with Gasteiger partial charge in [-0.05, 0) is 33.2 Å². The second-order valence-corrected chi connectivity index (χ2v) is 4.88. The van der Waals surface area contributed by atoms with Crippen LogP contribution < -0.4 is 5.32 Å². The minimum atomic E-state index is 0.0601. The number of nitrogens with one attached hydrogen (secondary N) is 1. The molecule has 0 spiro atoms. The fourth-order valence-corrected chi connectivity index (χ4v) is 2.14. The van der Waals surface area contributed by atoms with Crippen LogP contribution in [0.5, 0.6) is 0 Å². The van der Waals surface area contributed by atoms with E-state index < -0.39 is 0 Å². The average molecular weight is 227 g/mol. The van der Waals surface area contributed by atoms with E-state index in [9.17, 15) is 4.79 Å². The monoisotopic (exact) mass is 227 g/mol. The van der Waals surface area contributed by atoms with Crippen molar-refractivity contribution in [1.29, 1.82) is 0 Å². The summed E-state index contributed by atoms with van der Waals surface area (Å²) in [6.45, 7) is 9.52. The summed E-state index contributed by atoms with van der Waals surface area (Å²) >= 11 is 0. The summed E-state index contributed by atoms with van der Waals surface area (Å²) in [4.78, 5) is 16.1. The summed E-state index contributed by atoms with van der Waals surface area (Å²) in [5.74, 6) is 0. The molecule has 0 atom stereocenters. The van der Waals surface area contributed by atoms with Crippen molar-refractivity contribution in [2.24, 2.45) is 0 Å². The van der Waals surface area contributed by atoms with Gasteiger partial charge in [0, 0.05) is 32.2 Å². The number of hydrogen-bond acceptors (Lipinski definition) is 2. The highest BCUT2D eigenvalue weighted by atomic mass is 16.2. The van der Waals surface area contributed by atoms with Crippen molar-refractivity contribution in [1.82, 2.24) is 15.1 Å². The van der Waals surface area contributed by atoms with Crippen molar-refractivity contribution in [3.05, 3.63) is 0 Å². The summed E-state index contributed by atoms with van der Waals surface area (Å²) in [7, 11) is 1.91. The van der Waals surface area contributed by atoms with Crippen LogP contribution in [0.15, 0.2) is 0 Å². The first-order valence-corrected chi connectivity index (χ1v) is 6.30. The Kier molecular flexibility index (Phi) is 5.06. The van der Waals surface area contributed by atoms with Gasteiger partial charge in [0.2, 0.25) is 0 Å². The molecule has 0 saturated carbocycles. The molecule has 16 heavy (non-hydrogen) atoms. The van der Waals surface area contributed by atoms with Gasteiger partial charge in [0.15, 0.2) is 0 Å². The van der Waals surface area contributed by atoms with Crippen molar-refractivity contribution >= 4 is 6.03 Å². The normalized spacial score (nSPS) is 18.8. The van der Waals surface area contributed by atoms with Crippen molar-refractivity contribution in [2.75, 3.05) is 26.7 Å². The minimum absolute atomic E-state index is 0.0601. The van der Waals surface area contributed by atoms with Crippen LogP contribution in [0, 0.1) is 0 Å². The number of amides is 2. The van der Waals surface area contributed by atoms with E-state index >= 15 is 0 Å². The SMILES string of the molecule is CCN1CCC(N(C)C(=O)NC(C)C)CC1. The first kappa shape index (κ1) is 13.3. The zero-order chi connectivity index (χ0) is 12.1. The van der Waals surface area contributed by atoms with Crippen LogP contribution in [0.2, 0.25) is 0 Å². The molecule has 0 aromatic rings. The highest BCUT2D eigenvalue weighted by molar-refractivity contribution is 5.74. The van der Waals surface area contributed by atoms with Gasteiger partial charge in [-0.25, -0.2) is 4.79 Å². The molecule has 0 unspecified atom stereocenters. The summed E-state index contributed by atoms with van der Waals surface area (Å²) in [6, 6.07) is 0.678. The molecule has 2 amide bonds. The van der Waals surface area contributed by atoms with Gasteiger partial charge in [0.1, 0.15) is 0 Å². The number of rotatable bonds is 3. The highest BCUT2D eigenvalue weighted by Gasteiger charge is 2.24. The van der Waals surface area contributed by atoms with Gasteiger partial charge in [-0.1, -0.05) is 6.92 Å². The van der Waals surface area contributed by atoms with Crippen LogP contribution >= 0.6 is 0 Å². The Morgan fingerprint density at radius 3 is 2.44 bits per heavy atom. The zero-order valence-electron chi connectivity index (χ0n) is 11.0. The Hall–Kier alpha value is -0.770. The third-order valence-corrected chi connectivity index (χ3v) is 3.28. The zero-order valence-corrected chi connectivity index (χ0v) is 11.0. The second kappa shape index (κ2) is 6.09. The molecule has 1 fully saturated rings. The average Bonchev–Trinajstić information content (AvgIpc) is 2.27. The van der Waals surface area contributed by atoms with E-state index in [1.165, 1.54) is 0 Å². The molecule has 0 aromatic carbocycles. The summed E-state index contributed by atoms with van der Waals surface area (Å²) in [5.41, 5.74) is 0. The Balaban J connectivity index is 2.37. The van der Waals surface area contributed by atoms with Gasteiger partial charge < -0.3 is 15.1 Å². The Morgan fingerprint density at radius 1 is 1.44 bits per heavy atom.